The molecule has 1 amide bonds. The highest BCUT2D eigenvalue weighted by Gasteiger charge is 2.29. The van der Waals surface area contributed by atoms with Gasteiger partial charge in [0.1, 0.15) is 5.75 Å². The Balaban J connectivity index is 2.78. The van der Waals surface area contributed by atoms with Crippen LogP contribution in [0.25, 0.3) is 0 Å². The molecule has 1 rings (SSSR count). The number of nitrogens with one attached hydrogen (secondary N) is 1. The number of carbonyl (C=O) groups excluding carboxylic acids is 1. The Morgan fingerprint density at radius 1 is 1.29 bits per heavy atom. The fourth-order valence-electron chi connectivity index (χ4n) is 2.00. The number of rotatable bonds is 8. The Bertz CT molecular complexity index is 485. The van der Waals surface area contributed by atoms with E-state index < -0.39 is 11.5 Å². The van der Waals surface area contributed by atoms with Crippen LogP contribution in [0.5, 0.6) is 5.75 Å². The molecule has 0 aromatic heterocycles. The van der Waals surface area contributed by atoms with E-state index in [9.17, 15) is 9.59 Å². The summed E-state index contributed by atoms with van der Waals surface area (Å²) in [5.41, 5.74) is -0.526. The van der Waals surface area contributed by atoms with Gasteiger partial charge in [-0.3, -0.25) is 9.59 Å². The van der Waals surface area contributed by atoms with Crippen LogP contribution in [0.15, 0.2) is 24.3 Å². The van der Waals surface area contributed by atoms with Crippen LogP contribution >= 0.6 is 0 Å². The molecule has 0 saturated heterocycles. The van der Waals surface area contributed by atoms with E-state index >= 15 is 0 Å². The van der Waals surface area contributed by atoms with E-state index in [0.29, 0.717) is 17.9 Å². The molecule has 21 heavy (non-hydrogen) atoms. The molecular formula is C15H21NO5. The molecule has 1 aromatic rings. The summed E-state index contributed by atoms with van der Waals surface area (Å²) >= 11 is 0. The quantitative estimate of drug-likeness (QED) is 0.762. The largest absolute Gasteiger partial charge is 0.494 e. The van der Waals surface area contributed by atoms with E-state index in [0.717, 1.165) is 0 Å². The molecule has 0 spiro atoms. The van der Waals surface area contributed by atoms with E-state index in [2.05, 4.69) is 5.32 Å². The normalized spacial score (nSPS) is 13.3. The van der Waals surface area contributed by atoms with Gasteiger partial charge in [0, 0.05) is 12.7 Å². The van der Waals surface area contributed by atoms with Gasteiger partial charge in [-0.1, -0.05) is 0 Å². The monoisotopic (exact) mass is 295 g/mol. The molecular weight excluding hydrogens is 274 g/mol. The lowest BCUT2D eigenvalue weighted by atomic mass is 9.98. The van der Waals surface area contributed by atoms with Gasteiger partial charge in [-0.2, -0.15) is 0 Å². The standard InChI is InChI=1S/C15H21NO5/c1-4-21-12-7-5-11(6-8-12)14(19)16-15(2,10-20-3)9-13(17)18/h5-8H,4,9-10H2,1-3H3,(H,16,19)(H,17,18). The van der Waals surface area contributed by atoms with Gasteiger partial charge in [0.15, 0.2) is 0 Å². The minimum absolute atomic E-state index is 0.113. The Kier molecular flexibility index (Phi) is 6.17. The molecule has 0 heterocycles. The zero-order valence-corrected chi connectivity index (χ0v) is 12.5. The van der Waals surface area contributed by atoms with Crippen LogP contribution in [0.4, 0.5) is 0 Å². The van der Waals surface area contributed by atoms with Crippen molar-refractivity contribution in [3.05, 3.63) is 29.8 Å². The van der Waals surface area contributed by atoms with E-state index in [1.165, 1.54) is 7.11 Å². The van der Waals surface area contributed by atoms with Gasteiger partial charge in [-0.05, 0) is 38.1 Å². The summed E-state index contributed by atoms with van der Waals surface area (Å²) < 4.78 is 10.3. The Morgan fingerprint density at radius 2 is 1.90 bits per heavy atom. The maximum atomic E-state index is 12.2. The summed E-state index contributed by atoms with van der Waals surface area (Å²) in [5, 5.41) is 11.6. The van der Waals surface area contributed by atoms with Crippen LogP contribution in [0.2, 0.25) is 0 Å². The molecule has 1 atom stereocenters. The van der Waals surface area contributed by atoms with Crippen molar-refractivity contribution in [3.8, 4) is 5.75 Å². The van der Waals surface area contributed by atoms with Crippen molar-refractivity contribution in [2.45, 2.75) is 25.8 Å². The lowest BCUT2D eigenvalue weighted by molar-refractivity contribution is -0.139. The summed E-state index contributed by atoms with van der Waals surface area (Å²) in [6.07, 6.45) is -0.219. The second-order valence-electron chi connectivity index (χ2n) is 4.98. The molecule has 0 bridgehead atoms. The van der Waals surface area contributed by atoms with Crippen molar-refractivity contribution >= 4 is 11.9 Å². The van der Waals surface area contributed by atoms with Crippen molar-refractivity contribution < 1.29 is 24.2 Å². The van der Waals surface area contributed by atoms with Crippen LogP contribution in [0.3, 0.4) is 0 Å². The van der Waals surface area contributed by atoms with Crippen LogP contribution in [0.1, 0.15) is 30.6 Å². The number of methoxy groups -OCH3 is 1. The van der Waals surface area contributed by atoms with Crippen molar-refractivity contribution in [2.24, 2.45) is 0 Å². The third kappa shape index (κ3) is 5.43. The van der Waals surface area contributed by atoms with Gasteiger partial charge in [0.25, 0.3) is 5.91 Å². The summed E-state index contributed by atoms with van der Waals surface area (Å²) in [6.45, 7) is 4.18. The fraction of sp³-hybridized carbons (Fsp3) is 0.467. The Morgan fingerprint density at radius 3 is 2.38 bits per heavy atom. The molecule has 0 aliphatic carbocycles. The minimum atomic E-state index is -0.999. The molecule has 0 radical (unpaired) electrons. The maximum absolute atomic E-state index is 12.2. The number of hydrogen-bond donors (Lipinski definition) is 2. The molecule has 0 aliphatic rings. The molecule has 1 aromatic carbocycles. The number of hydrogen-bond acceptors (Lipinski definition) is 4. The molecule has 2 N–H and O–H groups in total. The number of amides is 1. The van der Waals surface area contributed by atoms with E-state index in [1.807, 2.05) is 6.92 Å². The predicted octanol–water partition coefficient (Wildman–Crippen LogP) is 1.69. The van der Waals surface area contributed by atoms with E-state index in [-0.39, 0.29) is 18.9 Å². The second-order valence-corrected chi connectivity index (χ2v) is 4.98. The van der Waals surface area contributed by atoms with Crippen molar-refractivity contribution in [2.75, 3.05) is 20.3 Å². The Labute approximate surface area is 124 Å². The van der Waals surface area contributed by atoms with Crippen LogP contribution in [0, 0.1) is 0 Å². The SMILES string of the molecule is CCOc1ccc(C(=O)NC(C)(COC)CC(=O)O)cc1. The molecule has 1 unspecified atom stereocenters. The van der Waals surface area contributed by atoms with Crippen LogP contribution in [-0.2, 0) is 9.53 Å². The van der Waals surface area contributed by atoms with E-state index in [4.69, 9.17) is 14.6 Å². The average molecular weight is 295 g/mol. The van der Waals surface area contributed by atoms with Gasteiger partial charge in [-0.25, -0.2) is 0 Å². The third-order valence-corrected chi connectivity index (χ3v) is 2.85. The first-order valence-corrected chi connectivity index (χ1v) is 6.66. The topological polar surface area (TPSA) is 84.9 Å². The Hall–Kier alpha value is -2.08. The molecule has 0 aliphatic heterocycles. The lowest BCUT2D eigenvalue weighted by Crippen LogP contribution is -2.50. The van der Waals surface area contributed by atoms with E-state index in [1.54, 1.807) is 31.2 Å². The lowest BCUT2D eigenvalue weighted by Gasteiger charge is -2.28. The zero-order valence-electron chi connectivity index (χ0n) is 12.5. The van der Waals surface area contributed by atoms with Gasteiger partial charge >= 0.3 is 5.97 Å². The molecule has 0 saturated carbocycles. The summed E-state index contributed by atoms with van der Waals surface area (Å²) in [5.74, 6) is -0.667. The first kappa shape index (κ1) is 17.0. The molecule has 0 fully saturated rings. The van der Waals surface area contributed by atoms with Crippen molar-refractivity contribution in [3.63, 3.8) is 0 Å². The first-order valence-electron chi connectivity index (χ1n) is 6.66. The number of carboxylic acid groups (broad SMARTS) is 1. The number of carboxylic acids is 1. The third-order valence-electron chi connectivity index (χ3n) is 2.85. The summed E-state index contributed by atoms with van der Waals surface area (Å²) in [4.78, 5) is 23.1. The second kappa shape index (κ2) is 7.64. The highest BCUT2D eigenvalue weighted by molar-refractivity contribution is 5.95. The van der Waals surface area contributed by atoms with Crippen molar-refractivity contribution in [1.82, 2.24) is 5.32 Å². The number of carbonyl (C=O) groups is 2. The van der Waals surface area contributed by atoms with Gasteiger partial charge < -0.3 is 19.9 Å². The molecule has 6 nitrogen and oxygen atoms in total. The number of aliphatic carboxylic acids is 1. The van der Waals surface area contributed by atoms with Crippen LogP contribution in [-0.4, -0.2) is 42.8 Å². The first-order chi connectivity index (χ1) is 9.90. The van der Waals surface area contributed by atoms with Gasteiger partial charge in [-0.15, -0.1) is 0 Å². The average Bonchev–Trinajstić information content (AvgIpc) is 2.38. The smallest absolute Gasteiger partial charge is 0.305 e. The van der Waals surface area contributed by atoms with Gasteiger partial charge in [0.05, 0.1) is 25.2 Å². The minimum Gasteiger partial charge on any atom is -0.494 e. The maximum Gasteiger partial charge on any atom is 0.305 e. The number of benzene rings is 1. The zero-order chi connectivity index (χ0) is 15.9. The van der Waals surface area contributed by atoms with Gasteiger partial charge in [0.2, 0.25) is 0 Å². The molecule has 6 heteroatoms. The predicted molar refractivity (Wildman–Crippen MR) is 77.6 cm³/mol. The fourth-order valence-corrected chi connectivity index (χ4v) is 2.00. The molecule has 116 valence electrons. The van der Waals surface area contributed by atoms with Crippen LogP contribution < -0.4 is 10.1 Å². The highest BCUT2D eigenvalue weighted by atomic mass is 16.5. The van der Waals surface area contributed by atoms with Crippen molar-refractivity contribution in [1.29, 1.82) is 0 Å². The number of ether oxygens (including phenoxy) is 2. The summed E-state index contributed by atoms with van der Waals surface area (Å²) in [7, 11) is 1.46. The highest BCUT2D eigenvalue weighted by Crippen LogP contribution is 2.15. The summed E-state index contributed by atoms with van der Waals surface area (Å²) in [6, 6.07) is 6.66.